The lowest BCUT2D eigenvalue weighted by Crippen LogP contribution is -2.24. The monoisotopic (exact) mass is 507 g/mol. The van der Waals surface area contributed by atoms with Gasteiger partial charge in [-0.3, -0.25) is 9.36 Å². The number of aromatic nitrogens is 3. The fourth-order valence-electron chi connectivity index (χ4n) is 4.45. The predicted molar refractivity (Wildman–Crippen MR) is 133 cm³/mol. The quantitative estimate of drug-likeness (QED) is 0.263. The van der Waals surface area contributed by atoms with Gasteiger partial charge in [0.25, 0.3) is 11.5 Å². The minimum absolute atomic E-state index is 0.0374. The number of ether oxygens (including phenoxy) is 3. The summed E-state index contributed by atoms with van der Waals surface area (Å²) in [4.78, 5) is 23.1. The molecular formula is C26H22FN3O5S. The van der Waals surface area contributed by atoms with Crippen LogP contribution in [-0.4, -0.2) is 35.5 Å². The van der Waals surface area contributed by atoms with Crippen LogP contribution in [0.1, 0.15) is 30.1 Å². The summed E-state index contributed by atoms with van der Waals surface area (Å²) in [7, 11) is 3.17. The molecule has 36 heavy (non-hydrogen) atoms. The molecule has 0 aliphatic heterocycles. The first-order valence-corrected chi connectivity index (χ1v) is 12.2. The molecule has 5 aromatic rings. The second-order valence-electron chi connectivity index (χ2n) is 8.59. The number of hydrogen-bond donors (Lipinski definition) is 0. The fourth-order valence-corrected chi connectivity index (χ4v) is 5.58. The fraction of sp³-hybridized carbons (Fsp3) is 0.269. The Balaban J connectivity index is 1.64. The van der Waals surface area contributed by atoms with Gasteiger partial charge in [0.15, 0.2) is 18.9 Å². The third kappa shape index (κ3) is 3.82. The average molecular weight is 508 g/mol. The van der Waals surface area contributed by atoms with Gasteiger partial charge < -0.3 is 18.6 Å². The van der Waals surface area contributed by atoms with Gasteiger partial charge in [-0.15, -0.1) is 11.3 Å². The molecule has 184 valence electrons. The van der Waals surface area contributed by atoms with E-state index in [1.165, 1.54) is 15.9 Å². The summed E-state index contributed by atoms with van der Waals surface area (Å²) in [6.07, 6.45) is 3.13. The minimum Gasteiger partial charge on any atom is -0.497 e. The zero-order valence-corrected chi connectivity index (χ0v) is 20.4. The highest BCUT2D eigenvalue weighted by Crippen LogP contribution is 2.46. The molecule has 2 aromatic carbocycles. The van der Waals surface area contributed by atoms with Crippen LogP contribution in [0.2, 0.25) is 0 Å². The Hall–Kier alpha value is -3.76. The summed E-state index contributed by atoms with van der Waals surface area (Å²) in [5, 5.41) is 1.17. The molecule has 10 heteroatoms. The van der Waals surface area contributed by atoms with Crippen LogP contribution in [0.5, 0.6) is 11.5 Å². The van der Waals surface area contributed by atoms with Gasteiger partial charge in [-0.05, 0) is 48.6 Å². The molecule has 1 saturated carbocycles. The van der Waals surface area contributed by atoms with Crippen LogP contribution in [0.3, 0.4) is 0 Å². The predicted octanol–water partition coefficient (Wildman–Crippen LogP) is 5.32. The van der Waals surface area contributed by atoms with Crippen molar-refractivity contribution in [2.45, 2.75) is 25.3 Å². The second-order valence-corrected chi connectivity index (χ2v) is 9.59. The highest BCUT2D eigenvalue weighted by molar-refractivity contribution is 7.25. The Labute approximate surface area is 208 Å². The number of nitrogens with zero attached hydrogens (tertiary/aromatic N) is 3. The summed E-state index contributed by atoms with van der Waals surface area (Å²) in [5.74, 6) is 1.35. The van der Waals surface area contributed by atoms with Crippen molar-refractivity contribution >= 4 is 31.6 Å². The second kappa shape index (κ2) is 9.03. The lowest BCUT2D eigenvalue weighted by Gasteiger charge is -2.15. The highest BCUT2D eigenvalue weighted by Gasteiger charge is 2.29. The minimum atomic E-state index is -0.754. The first kappa shape index (κ1) is 22.7. The molecule has 3 aromatic heterocycles. The molecule has 0 unspecified atom stereocenters. The van der Waals surface area contributed by atoms with Gasteiger partial charge >= 0.3 is 0 Å². The number of halogens is 1. The van der Waals surface area contributed by atoms with Gasteiger partial charge in [0.1, 0.15) is 22.2 Å². The van der Waals surface area contributed by atoms with Crippen molar-refractivity contribution < 1.29 is 23.0 Å². The number of rotatable bonds is 8. The molecular weight excluding hydrogens is 485 g/mol. The van der Waals surface area contributed by atoms with Crippen LogP contribution in [-0.2, 0) is 11.3 Å². The molecule has 0 amide bonds. The van der Waals surface area contributed by atoms with Crippen LogP contribution < -0.4 is 15.0 Å². The summed E-state index contributed by atoms with van der Waals surface area (Å²) in [6, 6.07) is 11.3. The standard InChI is InChI=1S/C26H22FN3O5S/c1-32-13-35-19-5-3-4-17-21-25(36-22(17)19)29-24(30(26(21)31)11-20-23(27)28-12-34-20)16-9-8-15(33-2)10-18(16)14-6-7-14/h3-5,8-10,12,14H,6-7,11,13H2,1-2H3. The largest absolute Gasteiger partial charge is 0.497 e. The molecule has 1 aliphatic carbocycles. The van der Waals surface area contributed by atoms with Crippen molar-refractivity contribution in [3.05, 3.63) is 70.4 Å². The normalized spacial score (nSPS) is 13.5. The third-order valence-electron chi connectivity index (χ3n) is 6.32. The van der Waals surface area contributed by atoms with Crippen LogP contribution in [0, 0.1) is 5.95 Å². The molecule has 3 heterocycles. The van der Waals surface area contributed by atoms with Crippen molar-refractivity contribution in [3.63, 3.8) is 0 Å². The SMILES string of the molecule is COCOc1cccc2c1sc1nc(-c3ccc(OC)cc3C3CC3)n(Cc3ocnc3F)c(=O)c12. The van der Waals surface area contributed by atoms with Gasteiger partial charge in [0, 0.05) is 18.1 Å². The van der Waals surface area contributed by atoms with Crippen LogP contribution in [0.15, 0.2) is 52.0 Å². The Morgan fingerprint density at radius 2 is 2.08 bits per heavy atom. The van der Waals surface area contributed by atoms with E-state index in [0.717, 1.165) is 46.2 Å². The Morgan fingerprint density at radius 3 is 2.81 bits per heavy atom. The van der Waals surface area contributed by atoms with E-state index in [-0.39, 0.29) is 24.7 Å². The van der Waals surface area contributed by atoms with E-state index >= 15 is 0 Å². The Kier molecular flexibility index (Phi) is 5.69. The zero-order chi connectivity index (χ0) is 24.8. The first-order valence-electron chi connectivity index (χ1n) is 11.4. The maximum Gasteiger partial charge on any atom is 0.263 e. The maximum absolute atomic E-state index is 14.3. The number of thiophene rings is 1. The van der Waals surface area contributed by atoms with E-state index in [1.807, 2.05) is 36.4 Å². The first-order chi connectivity index (χ1) is 17.6. The van der Waals surface area contributed by atoms with E-state index in [9.17, 15) is 9.18 Å². The molecule has 0 bridgehead atoms. The van der Waals surface area contributed by atoms with Crippen LogP contribution in [0.25, 0.3) is 31.7 Å². The smallest absolute Gasteiger partial charge is 0.263 e. The topological polar surface area (TPSA) is 88.6 Å². The van der Waals surface area contributed by atoms with Gasteiger partial charge in [-0.1, -0.05) is 12.1 Å². The van der Waals surface area contributed by atoms with Crippen molar-refractivity contribution in [1.29, 1.82) is 0 Å². The van der Waals surface area contributed by atoms with Gasteiger partial charge in [-0.2, -0.15) is 9.37 Å². The number of methoxy groups -OCH3 is 2. The molecule has 0 atom stereocenters. The molecule has 0 radical (unpaired) electrons. The summed E-state index contributed by atoms with van der Waals surface area (Å²) in [6.45, 7) is -0.0616. The van der Waals surface area contributed by atoms with Crippen molar-refractivity contribution in [2.24, 2.45) is 0 Å². The summed E-state index contributed by atoms with van der Waals surface area (Å²) >= 11 is 1.38. The molecule has 6 rings (SSSR count). The number of fused-ring (bicyclic) bond motifs is 3. The third-order valence-corrected chi connectivity index (χ3v) is 7.44. The lowest BCUT2D eigenvalue weighted by molar-refractivity contribution is 0.0523. The van der Waals surface area contributed by atoms with E-state index in [4.69, 9.17) is 23.6 Å². The van der Waals surface area contributed by atoms with Crippen molar-refractivity contribution in [3.8, 4) is 22.9 Å². The van der Waals surface area contributed by atoms with Gasteiger partial charge in [-0.25, -0.2) is 4.98 Å². The molecule has 0 saturated heterocycles. The Bertz CT molecular complexity index is 1650. The molecule has 0 N–H and O–H groups in total. The van der Waals surface area contributed by atoms with Crippen molar-refractivity contribution in [1.82, 2.24) is 14.5 Å². The molecule has 1 fully saturated rings. The van der Waals surface area contributed by atoms with Crippen LogP contribution >= 0.6 is 11.3 Å². The van der Waals surface area contributed by atoms with Crippen molar-refractivity contribution in [2.75, 3.05) is 21.0 Å². The number of oxazole rings is 1. The van der Waals surface area contributed by atoms with E-state index < -0.39 is 5.95 Å². The summed E-state index contributed by atoms with van der Waals surface area (Å²) in [5.41, 5.74) is 1.57. The van der Waals surface area contributed by atoms with E-state index in [0.29, 0.717) is 27.7 Å². The lowest BCUT2D eigenvalue weighted by atomic mass is 10.0. The average Bonchev–Trinajstić information content (AvgIpc) is 3.56. The van der Waals surface area contributed by atoms with Gasteiger partial charge in [0.05, 0.1) is 23.7 Å². The van der Waals surface area contributed by atoms with Gasteiger partial charge in [0.2, 0.25) is 0 Å². The molecule has 0 spiro atoms. The molecule has 8 nitrogen and oxygen atoms in total. The molecule has 1 aliphatic rings. The number of hydrogen-bond acceptors (Lipinski definition) is 8. The van der Waals surface area contributed by atoms with Crippen LogP contribution in [0.4, 0.5) is 4.39 Å². The number of benzene rings is 2. The van der Waals surface area contributed by atoms with E-state index in [1.54, 1.807) is 14.2 Å². The van der Waals surface area contributed by atoms with E-state index in [2.05, 4.69) is 4.98 Å². The summed E-state index contributed by atoms with van der Waals surface area (Å²) < 4.78 is 38.1. The zero-order valence-electron chi connectivity index (χ0n) is 19.6. The maximum atomic E-state index is 14.3. The highest BCUT2D eigenvalue weighted by atomic mass is 32.1. The Morgan fingerprint density at radius 1 is 1.22 bits per heavy atom.